The summed E-state index contributed by atoms with van der Waals surface area (Å²) >= 11 is 0. The van der Waals surface area contributed by atoms with Gasteiger partial charge in [-0.25, -0.2) is 9.97 Å². The van der Waals surface area contributed by atoms with Crippen LogP contribution < -0.4 is 10.5 Å². The quantitative estimate of drug-likeness (QED) is 0.708. The fraction of sp³-hybridized carbons (Fsp3) is 0.619. The Morgan fingerprint density at radius 2 is 1.81 bits per heavy atom. The van der Waals surface area contributed by atoms with Crippen molar-refractivity contribution in [1.82, 2.24) is 19.4 Å². The molecule has 0 radical (unpaired) electrons. The predicted molar refractivity (Wildman–Crippen MR) is 115 cm³/mol. The normalized spacial score (nSPS) is 27.4. The molecule has 3 aliphatic carbocycles. The zero-order valence-electron chi connectivity index (χ0n) is 18.0. The Bertz CT molecular complexity index is 984. The van der Waals surface area contributed by atoms with Crippen molar-refractivity contribution in [3.8, 4) is 17.0 Å². The SMILES string of the molecule is CC(C)c1nc(-c2cnc(N)c(OC(F)(F)F)c2)cn1C12CC(N3CCOCC3)(C1)C2.Cl. The van der Waals surface area contributed by atoms with Gasteiger partial charge in [-0.05, 0) is 25.3 Å². The number of rotatable bonds is 5. The highest BCUT2D eigenvalue weighted by atomic mass is 35.5. The van der Waals surface area contributed by atoms with Crippen LogP contribution in [0.1, 0.15) is 44.9 Å². The minimum absolute atomic E-state index is 0. The van der Waals surface area contributed by atoms with Gasteiger partial charge in [-0.2, -0.15) is 0 Å². The minimum Gasteiger partial charge on any atom is -0.402 e. The van der Waals surface area contributed by atoms with Gasteiger partial charge in [-0.1, -0.05) is 13.8 Å². The number of imidazole rings is 1. The van der Waals surface area contributed by atoms with E-state index >= 15 is 0 Å². The Morgan fingerprint density at radius 3 is 2.41 bits per heavy atom. The molecular formula is C21H27ClF3N5O2. The van der Waals surface area contributed by atoms with E-state index in [1.54, 1.807) is 0 Å². The fourth-order valence-corrected chi connectivity index (χ4v) is 5.43. The van der Waals surface area contributed by atoms with Gasteiger partial charge in [-0.3, -0.25) is 4.90 Å². The largest absolute Gasteiger partial charge is 0.573 e. The van der Waals surface area contributed by atoms with Crippen molar-refractivity contribution in [3.63, 3.8) is 0 Å². The van der Waals surface area contributed by atoms with Gasteiger partial charge < -0.3 is 19.8 Å². The number of pyridine rings is 1. The number of hydrogen-bond acceptors (Lipinski definition) is 6. The first-order valence-corrected chi connectivity index (χ1v) is 10.6. The molecule has 3 saturated carbocycles. The first-order valence-electron chi connectivity index (χ1n) is 10.6. The maximum absolute atomic E-state index is 12.7. The van der Waals surface area contributed by atoms with Gasteiger partial charge in [0.25, 0.3) is 0 Å². The van der Waals surface area contributed by atoms with Crippen LogP contribution in [0.25, 0.3) is 11.3 Å². The van der Waals surface area contributed by atoms with Crippen LogP contribution in [-0.2, 0) is 10.3 Å². The predicted octanol–water partition coefficient (Wildman–Crippen LogP) is 3.93. The maximum atomic E-state index is 12.7. The molecule has 0 spiro atoms. The van der Waals surface area contributed by atoms with Crippen LogP contribution in [-0.4, -0.2) is 57.6 Å². The summed E-state index contributed by atoms with van der Waals surface area (Å²) in [5, 5.41) is 0. The number of nitrogen functional groups attached to an aromatic ring is 1. The first-order chi connectivity index (χ1) is 14.6. The van der Waals surface area contributed by atoms with E-state index in [4.69, 9.17) is 15.5 Å². The summed E-state index contributed by atoms with van der Waals surface area (Å²) in [5.41, 5.74) is 6.90. The van der Waals surface area contributed by atoms with Crippen LogP contribution in [0.5, 0.6) is 5.75 Å². The summed E-state index contributed by atoms with van der Waals surface area (Å²) in [4.78, 5) is 11.2. The number of halogens is 4. The van der Waals surface area contributed by atoms with E-state index < -0.39 is 12.1 Å². The highest BCUT2D eigenvalue weighted by molar-refractivity contribution is 5.85. The Kier molecular flexibility index (Phi) is 5.62. The summed E-state index contributed by atoms with van der Waals surface area (Å²) < 4.78 is 49.9. The maximum Gasteiger partial charge on any atom is 0.573 e. The second-order valence-electron chi connectivity index (χ2n) is 9.24. The molecule has 4 fully saturated rings. The minimum atomic E-state index is -4.84. The molecule has 2 N–H and O–H groups in total. The van der Waals surface area contributed by atoms with Crippen molar-refractivity contribution in [2.24, 2.45) is 0 Å². The summed E-state index contributed by atoms with van der Waals surface area (Å²) in [6.07, 6.45) is 1.75. The summed E-state index contributed by atoms with van der Waals surface area (Å²) in [6.45, 7) is 7.67. The van der Waals surface area contributed by atoms with Crippen LogP contribution in [0.2, 0.25) is 0 Å². The lowest BCUT2D eigenvalue weighted by molar-refractivity contribution is -0.274. The fourth-order valence-electron chi connectivity index (χ4n) is 5.43. The van der Waals surface area contributed by atoms with Gasteiger partial charge in [0.1, 0.15) is 5.82 Å². The summed E-state index contributed by atoms with van der Waals surface area (Å²) in [7, 11) is 0. The summed E-state index contributed by atoms with van der Waals surface area (Å²) in [5.74, 6) is 0.286. The van der Waals surface area contributed by atoms with E-state index in [1.165, 1.54) is 12.3 Å². The monoisotopic (exact) mass is 473 g/mol. The van der Waals surface area contributed by atoms with E-state index in [0.717, 1.165) is 51.4 Å². The molecule has 1 saturated heterocycles. The lowest BCUT2D eigenvalue weighted by Crippen LogP contribution is -2.79. The number of alkyl halides is 3. The van der Waals surface area contributed by atoms with Gasteiger partial charge in [0.05, 0.1) is 24.4 Å². The van der Waals surface area contributed by atoms with E-state index in [9.17, 15) is 13.2 Å². The third kappa shape index (κ3) is 3.72. The Hall–Kier alpha value is -2.04. The van der Waals surface area contributed by atoms with E-state index in [2.05, 4.69) is 33.0 Å². The van der Waals surface area contributed by atoms with Crippen molar-refractivity contribution < 1.29 is 22.6 Å². The molecule has 1 aliphatic heterocycles. The molecule has 0 amide bonds. The molecule has 176 valence electrons. The number of nitrogens with zero attached hydrogens (tertiary/aromatic N) is 4. The van der Waals surface area contributed by atoms with Crippen molar-refractivity contribution in [3.05, 3.63) is 24.3 Å². The topological polar surface area (TPSA) is 78.4 Å². The third-order valence-corrected chi connectivity index (χ3v) is 6.82. The highest BCUT2D eigenvalue weighted by Crippen LogP contribution is 2.68. The van der Waals surface area contributed by atoms with E-state index in [1.807, 2.05) is 6.20 Å². The van der Waals surface area contributed by atoms with Gasteiger partial charge in [-0.15, -0.1) is 25.6 Å². The molecule has 2 aromatic rings. The van der Waals surface area contributed by atoms with Crippen molar-refractivity contribution in [2.75, 3.05) is 32.0 Å². The van der Waals surface area contributed by atoms with Crippen LogP contribution in [0.3, 0.4) is 0 Å². The lowest BCUT2D eigenvalue weighted by Gasteiger charge is -2.74. The molecular weight excluding hydrogens is 447 g/mol. The second kappa shape index (κ2) is 7.78. The molecule has 0 aromatic carbocycles. The molecule has 2 bridgehead atoms. The van der Waals surface area contributed by atoms with Crippen molar-refractivity contribution in [1.29, 1.82) is 0 Å². The average Bonchev–Trinajstić information content (AvgIpc) is 3.07. The van der Waals surface area contributed by atoms with E-state index in [0.29, 0.717) is 11.3 Å². The zero-order chi connectivity index (χ0) is 22.0. The number of anilines is 1. The van der Waals surface area contributed by atoms with Crippen LogP contribution in [0.15, 0.2) is 18.5 Å². The molecule has 6 rings (SSSR count). The molecule has 32 heavy (non-hydrogen) atoms. The third-order valence-electron chi connectivity index (χ3n) is 6.82. The molecule has 3 heterocycles. The molecule has 4 aliphatic rings. The zero-order valence-corrected chi connectivity index (χ0v) is 18.8. The van der Waals surface area contributed by atoms with Crippen LogP contribution in [0, 0.1) is 0 Å². The Balaban J connectivity index is 0.00000245. The highest BCUT2D eigenvalue weighted by Gasteiger charge is 2.71. The number of morpholine rings is 1. The average molecular weight is 474 g/mol. The molecule has 7 nitrogen and oxygen atoms in total. The number of ether oxygens (including phenoxy) is 2. The van der Waals surface area contributed by atoms with Crippen LogP contribution in [0.4, 0.5) is 19.0 Å². The molecule has 0 atom stereocenters. The summed E-state index contributed by atoms with van der Waals surface area (Å²) in [6, 6.07) is 1.25. The molecule has 11 heteroatoms. The first kappa shape index (κ1) is 23.1. The van der Waals surface area contributed by atoms with Crippen molar-refractivity contribution in [2.45, 2.75) is 56.5 Å². The molecule has 2 aromatic heterocycles. The number of nitrogens with two attached hydrogens (primary N) is 1. The van der Waals surface area contributed by atoms with Crippen LogP contribution >= 0.6 is 12.4 Å². The standard InChI is InChI=1S/C21H26F3N5O2.ClH/c1-13(2)18-27-15(14-7-16(17(25)26-8-14)31-21(22,23)24)9-29(18)20-10-19(11-20,12-20)28-3-5-30-6-4-28;/h7-9,13H,3-6,10-12H2,1-2H3,(H2,25,26);1H. The number of aromatic nitrogens is 3. The van der Waals surface area contributed by atoms with E-state index in [-0.39, 0.29) is 35.2 Å². The molecule has 0 unspecified atom stereocenters. The Labute approximate surface area is 190 Å². The second-order valence-corrected chi connectivity index (χ2v) is 9.24. The smallest absolute Gasteiger partial charge is 0.402 e. The van der Waals surface area contributed by atoms with Gasteiger partial charge in [0.2, 0.25) is 0 Å². The van der Waals surface area contributed by atoms with Gasteiger partial charge in [0, 0.05) is 42.5 Å². The lowest BCUT2D eigenvalue weighted by atomic mass is 9.43. The Morgan fingerprint density at radius 1 is 1.16 bits per heavy atom. The van der Waals surface area contributed by atoms with Crippen molar-refractivity contribution >= 4 is 18.2 Å². The number of hydrogen-bond donors (Lipinski definition) is 1. The van der Waals surface area contributed by atoms with Gasteiger partial charge >= 0.3 is 6.36 Å². The van der Waals surface area contributed by atoms with Gasteiger partial charge in [0.15, 0.2) is 11.6 Å².